The number of nitrogens with one attached hydrogen (secondary N) is 1. The number of benzene rings is 2. The number of likely N-dealkylation sites (N-methyl/N-ethyl adjacent to an activating group) is 1. The van der Waals surface area contributed by atoms with E-state index in [0.717, 1.165) is 35.7 Å². The summed E-state index contributed by atoms with van der Waals surface area (Å²) in [6.07, 6.45) is 0. The maximum Gasteiger partial charge on any atom is 0.123 e. The number of aromatic nitrogens is 2. The Balaban J connectivity index is 1.71. The van der Waals surface area contributed by atoms with Crippen LogP contribution < -0.4 is 5.32 Å². The summed E-state index contributed by atoms with van der Waals surface area (Å²) in [6.45, 7) is 5.58. The molecule has 1 aromatic heterocycles. The molecule has 1 atom stereocenters. The Hall–Kier alpha value is -2.21. The molecule has 28 heavy (non-hydrogen) atoms. The van der Waals surface area contributed by atoms with Gasteiger partial charge in [-0.2, -0.15) is 5.10 Å². The zero-order chi connectivity index (χ0) is 20.3. The summed E-state index contributed by atoms with van der Waals surface area (Å²) in [6, 6.07) is 14.5. The molecule has 0 amide bonds. The average Bonchev–Trinajstić information content (AvgIpc) is 2.94. The first-order valence-corrected chi connectivity index (χ1v) is 9.68. The van der Waals surface area contributed by atoms with E-state index in [4.69, 9.17) is 16.7 Å². The van der Waals surface area contributed by atoms with Crippen molar-refractivity contribution in [2.45, 2.75) is 26.4 Å². The van der Waals surface area contributed by atoms with Crippen LogP contribution in [-0.4, -0.2) is 35.3 Å². The second-order valence-electron chi connectivity index (χ2n) is 7.20. The molecular formula is C22H26ClFN4. The molecular weight excluding hydrogens is 375 g/mol. The van der Waals surface area contributed by atoms with Gasteiger partial charge < -0.3 is 10.2 Å². The van der Waals surface area contributed by atoms with Crippen molar-refractivity contribution in [2.75, 3.05) is 20.6 Å². The number of rotatable bonds is 7. The maximum absolute atomic E-state index is 13.2. The van der Waals surface area contributed by atoms with E-state index in [2.05, 4.69) is 17.1 Å². The second kappa shape index (κ2) is 8.86. The van der Waals surface area contributed by atoms with Crippen LogP contribution in [0.5, 0.6) is 0 Å². The second-order valence-corrected chi connectivity index (χ2v) is 7.64. The van der Waals surface area contributed by atoms with Crippen LogP contribution in [-0.2, 0) is 6.54 Å². The monoisotopic (exact) mass is 400 g/mol. The van der Waals surface area contributed by atoms with Gasteiger partial charge in [-0.25, -0.2) is 9.07 Å². The molecule has 148 valence electrons. The molecule has 0 aliphatic heterocycles. The minimum atomic E-state index is -0.213. The molecule has 0 aliphatic carbocycles. The third-order valence-corrected chi connectivity index (χ3v) is 5.28. The number of hydrogen-bond donors (Lipinski definition) is 1. The van der Waals surface area contributed by atoms with Crippen molar-refractivity contribution in [3.63, 3.8) is 0 Å². The van der Waals surface area contributed by atoms with E-state index in [9.17, 15) is 4.39 Å². The lowest BCUT2D eigenvalue weighted by atomic mass is 10.1. The fourth-order valence-electron chi connectivity index (χ4n) is 3.38. The van der Waals surface area contributed by atoms with Gasteiger partial charge >= 0.3 is 0 Å². The van der Waals surface area contributed by atoms with Gasteiger partial charge in [0.2, 0.25) is 0 Å². The molecule has 2 aromatic carbocycles. The summed E-state index contributed by atoms with van der Waals surface area (Å²) in [5.74, 6) is -0.213. The molecule has 0 radical (unpaired) electrons. The van der Waals surface area contributed by atoms with E-state index < -0.39 is 0 Å². The Labute approximate surface area is 170 Å². The summed E-state index contributed by atoms with van der Waals surface area (Å²) < 4.78 is 15.2. The maximum atomic E-state index is 13.2. The highest BCUT2D eigenvalue weighted by molar-refractivity contribution is 6.30. The Morgan fingerprint density at radius 2 is 1.71 bits per heavy atom. The minimum Gasteiger partial charge on any atom is -0.311 e. The van der Waals surface area contributed by atoms with E-state index in [1.165, 1.54) is 17.7 Å². The molecule has 0 saturated heterocycles. The van der Waals surface area contributed by atoms with E-state index in [1.807, 2.05) is 62.1 Å². The quantitative estimate of drug-likeness (QED) is 0.625. The highest BCUT2D eigenvalue weighted by Crippen LogP contribution is 2.21. The molecule has 0 spiro atoms. The van der Waals surface area contributed by atoms with Crippen LogP contribution in [0.25, 0.3) is 5.69 Å². The first kappa shape index (κ1) is 20.5. The number of aryl methyl sites for hydroxylation is 1. The van der Waals surface area contributed by atoms with Crippen LogP contribution in [0, 0.1) is 19.7 Å². The highest BCUT2D eigenvalue weighted by Gasteiger charge is 2.16. The summed E-state index contributed by atoms with van der Waals surface area (Å²) in [5.41, 5.74) is 5.38. The fourth-order valence-corrected chi connectivity index (χ4v) is 3.51. The summed E-state index contributed by atoms with van der Waals surface area (Å²) in [7, 11) is 4.07. The zero-order valence-electron chi connectivity index (χ0n) is 16.7. The molecule has 0 fully saturated rings. The van der Waals surface area contributed by atoms with Gasteiger partial charge in [0, 0.05) is 35.4 Å². The predicted octanol–water partition coefficient (Wildman–Crippen LogP) is 4.67. The smallest absolute Gasteiger partial charge is 0.123 e. The van der Waals surface area contributed by atoms with Gasteiger partial charge in [-0.3, -0.25) is 0 Å². The van der Waals surface area contributed by atoms with Crippen molar-refractivity contribution >= 4 is 11.6 Å². The van der Waals surface area contributed by atoms with Crippen LogP contribution in [0.1, 0.15) is 28.6 Å². The van der Waals surface area contributed by atoms with E-state index in [1.54, 1.807) is 0 Å². The van der Waals surface area contributed by atoms with Gasteiger partial charge in [-0.15, -0.1) is 0 Å². The molecule has 0 bridgehead atoms. The Morgan fingerprint density at radius 3 is 2.32 bits per heavy atom. The molecule has 0 saturated carbocycles. The Bertz CT molecular complexity index is 917. The minimum absolute atomic E-state index is 0.160. The fraction of sp³-hybridized carbons (Fsp3) is 0.318. The third-order valence-electron chi connectivity index (χ3n) is 5.03. The normalized spacial score (nSPS) is 12.5. The van der Waals surface area contributed by atoms with Crippen molar-refractivity contribution in [2.24, 2.45) is 0 Å². The van der Waals surface area contributed by atoms with Gasteiger partial charge in [-0.05, 0) is 69.9 Å². The first-order valence-electron chi connectivity index (χ1n) is 9.30. The first-order chi connectivity index (χ1) is 13.4. The summed E-state index contributed by atoms with van der Waals surface area (Å²) >= 11 is 5.99. The number of hydrogen-bond acceptors (Lipinski definition) is 3. The Morgan fingerprint density at radius 1 is 1.07 bits per heavy atom. The summed E-state index contributed by atoms with van der Waals surface area (Å²) in [5, 5.41) is 8.95. The highest BCUT2D eigenvalue weighted by atomic mass is 35.5. The van der Waals surface area contributed by atoms with Crippen molar-refractivity contribution in [3.05, 3.63) is 81.9 Å². The molecule has 3 rings (SSSR count). The van der Waals surface area contributed by atoms with Gasteiger partial charge in [-0.1, -0.05) is 23.7 Å². The van der Waals surface area contributed by atoms with Crippen LogP contribution in [0.3, 0.4) is 0 Å². The van der Waals surface area contributed by atoms with Crippen molar-refractivity contribution in [1.29, 1.82) is 0 Å². The standard InChI is InChI=1S/C22H26ClFN4/c1-15-21(16(2)28(26-15)20-11-7-18(23)8-12-20)13-25-14-22(27(3)4)17-5-9-19(24)10-6-17/h5-12,22,25H,13-14H2,1-4H3. The Kier molecular flexibility index (Phi) is 6.50. The lowest BCUT2D eigenvalue weighted by molar-refractivity contribution is 0.288. The van der Waals surface area contributed by atoms with Crippen molar-refractivity contribution in [3.8, 4) is 5.69 Å². The third kappa shape index (κ3) is 4.61. The van der Waals surface area contributed by atoms with E-state index in [0.29, 0.717) is 5.02 Å². The van der Waals surface area contributed by atoms with Crippen molar-refractivity contribution in [1.82, 2.24) is 20.0 Å². The molecule has 0 aliphatic rings. The zero-order valence-corrected chi connectivity index (χ0v) is 17.5. The van der Waals surface area contributed by atoms with Crippen molar-refractivity contribution < 1.29 is 4.39 Å². The van der Waals surface area contributed by atoms with Crippen LogP contribution in [0.2, 0.25) is 5.02 Å². The van der Waals surface area contributed by atoms with Gasteiger partial charge in [0.1, 0.15) is 5.82 Å². The molecule has 1 N–H and O–H groups in total. The van der Waals surface area contributed by atoms with Crippen LogP contribution in [0.15, 0.2) is 48.5 Å². The van der Waals surface area contributed by atoms with Crippen LogP contribution >= 0.6 is 11.6 Å². The largest absolute Gasteiger partial charge is 0.311 e. The topological polar surface area (TPSA) is 33.1 Å². The summed E-state index contributed by atoms with van der Waals surface area (Å²) in [4.78, 5) is 2.14. The number of halogens is 2. The van der Waals surface area contributed by atoms with Gasteiger partial charge in [0.25, 0.3) is 0 Å². The molecule has 3 aromatic rings. The molecule has 6 heteroatoms. The van der Waals surface area contributed by atoms with Crippen LogP contribution in [0.4, 0.5) is 4.39 Å². The van der Waals surface area contributed by atoms with E-state index >= 15 is 0 Å². The van der Waals surface area contributed by atoms with Gasteiger partial charge in [0.05, 0.1) is 11.4 Å². The molecule has 1 unspecified atom stereocenters. The SMILES string of the molecule is Cc1nn(-c2ccc(Cl)cc2)c(C)c1CNCC(c1ccc(F)cc1)N(C)C. The molecule has 4 nitrogen and oxygen atoms in total. The van der Waals surface area contributed by atoms with E-state index in [-0.39, 0.29) is 11.9 Å². The lowest BCUT2D eigenvalue weighted by Gasteiger charge is -2.25. The van der Waals surface area contributed by atoms with Gasteiger partial charge in [0.15, 0.2) is 0 Å². The molecule has 1 heterocycles. The predicted molar refractivity (Wildman–Crippen MR) is 113 cm³/mol. The average molecular weight is 401 g/mol. The lowest BCUT2D eigenvalue weighted by Crippen LogP contribution is -2.31. The number of nitrogens with zero attached hydrogens (tertiary/aromatic N) is 3.